The Kier molecular flexibility index (Phi) is 4.95. The molecule has 0 atom stereocenters. The SMILES string of the molecule is CC1(C)c2ccccc2-c2ccc(N(c3ccccc3)c3ccc(-c4nc5c(o4)-c4cccc6cccc-5c46)cc3)cc21. The van der Waals surface area contributed by atoms with E-state index in [1.807, 2.05) is 0 Å². The summed E-state index contributed by atoms with van der Waals surface area (Å²) in [5.41, 5.74) is 12.8. The van der Waals surface area contributed by atoms with Crippen molar-refractivity contribution in [1.82, 2.24) is 4.98 Å². The third kappa shape index (κ3) is 3.45. The lowest BCUT2D eigenvalue weighted by atomic mass is 9.82. The molecule has 0 radical (unpaired) electrons. The fraction of sp³-hybridized carbons (Fsp3) is 0.0750. The maximum Gasteiger partial charge on any atom is 0.227 e. The monoisotopic (exact) mass is 552 g/mol. The highest BCUT2D eigenvalue weighted by atomic mass is 16.4. The molecule has 204 valence electrons. The highest BCUT2D eigenvalue weighted by Crippen LogP contribution is 2.51. The number of para-hydroxylation sites is 1. The lowest BCUT2D eigenvalue weighted by molar-refractivity contribution is 0.590. The maximum atomic E-state index is 6.43. The molecule has 2 aliphatic rings. The third-order valence-electron chi connectivity index (χ3n) is 9.24. The molecule has 1 aromatic heterocycles. The number of rotatable bonds is 4. The molecule has 0 N–H and O–H groups in total. The normalized spacial score (nSPS) is 13.5. The van der Waals surface area contributed by atoms with Crippen LogP contribution in [-0.4, -0.2) is 4.98 Å². The molecule has 6 aromatic carbocycles. The Morgan fingerprint density at radius 2 is 1.21 bits per heavy atom. The van der Waals surface area contributed by atoms with Crippen molar-refractivity contribution in [2.45, 2.75) is 19.3 Å². The van der Waals surface area contributed by atoms with Gasteiger partial charge in [-0.3, -0.25) is 0 Å². The summed E-state index contributed by atoms with van der Waals surface area (Å²) in [4.78, 5) is 7.32. The van der Waals surface area contributed by atoms with Crippen LogP contribution in [0.4, 0.5) is 17.1 Å². The van der Waals surface area contributed by atoms with Crippen LogP contribution in [0, 0.1) is 0 Å². The van der Waals surface area contributed by atoms with Crippen LogP contribution in [0.5, 0.6) is 0 Å². The van der Waals surface area contributed by atoms with E-state index in [9.17, 15) is 0 Å². The number of nitrogens with zero attached hydrogens (tertiary/aromatic N) is 2. The Morgan fingerprint density at radius 3 is 2.02 bits per heavy atom. The molecular formula is C40H28N2O. The largest absolute Gasteiger partial charge is 0.435 e. The molecule has 0 saturated carbocycles. The van der Waals surface area contributed by atoms with Crippen molar-refractivity contribution in [3.8, 4) is 45.2 Å². The maximum absolute atomic E-state index is 6.43. The summed E-state index contributed by atoms with van der Waals surface area (Å²) in [7, 11) is 0. The number of oxazole rings is 1. The fourth-order valence-corrected chi connectivity index (χ4v) is 7.14. The fourth-order valence-electron chi connectivity index (χ4n) is 7.14. The van der Waals surface area contributed by atoms with Gasteiger partial charge in [-0.25, -0.2) is 4.98 Å². The summed E-state index contributed by atoms with van der Waals surface area (Å²) in [6.45, 7) is 4.66. The van der Waals surface area contributed by atoms with E-state index in [-0.39, 0.29) is 5.41 Å². The van der Waals surface area contributed by atoms with E-state index in [2.05, 4.69) is 152 Å². The minimum absolute atomic E-state index is 0.0670. The Labute approximate surface area is 250 Å². The molecule has 0 unspecified atom stereocenters. The van der Waals surface area contributed by atoms with Crippen molar-refractivity contribution >= 4 is 27.8 Å². The summed E-state index contributed by atoms with van der Waals surface area (Å²) < 4.78 is 6.43. The molecule has 9 rings (SSSR count). The first kappa shape index (κ1) is 24.2. The molecule has 0 aliphatic heterocycles. The standard InChI is InChI=1S/C40H28N2O/c1-40(2)34-17-7-6-14-30(34)31-23-22-29(24-35(31)40)42(27-12-4-3-5-13-27)28-20-18-26(19-21-28)39-41-37-32-15-8-10-25-11-9-16-33(36(25)32)38(37)43-39/h3-24H,1-2H3. The van der Waals surface area contributed by atoms with Gasteiger partial charge in [-0.2, -0.15) is 0 Å². The number of fused-ring (bicyclic) bond motifs is 6. The number of benzene rings is 6. The lowest BCUT2D eigenvalue weighted by Gasteiger charge is -2.28. The zero-order valence-electron chi connectivity index (χ0n) is 24.0. The van der Waals surface area contributed by atoms with E-state index < -0.39 is 0 Å². The second-order valence-electron chi connectivity index (χ2n) is 12.0. The minimum atomic E-state index is -0.0670. The molecular weight excluding hydrogens is 524 g/mol. The molecule has 7 aromatic rings. The van der Waals surface area contributed by atoms with Crippen LogP contribution in [0.3, 0.4) is 0 Å². The zero-order chi connectivity index (χ0) is 28.7. The first-order valence-corrected chi connectivity index (χ1v) is 14.8. The van der Waals surface area contributed by atoms with Crippen molar-refractivity contribution in [2.75, 3.05) is 4.90 Å². The highest BCUT2D eigenvalue weighted by molar-refractivity contribution is 6.13. The van der Waals surface area contributed by atoms with E-state index in [4.69, 9.17) is 9.40 Å². The van der Waals surface area contributed by atoms with E-state index in [1.54, 1.807) is 0 Å². The molecule has 3 nitrogen and oxygen atoms in total. The predicted octanol–water partition coefficient (Wildman–Crippen LogP) is 10.9. The number of hydrogen-bond donors (Lipinski definition) is 0. The molecule has 0 amide bonds. The number of hydrogen-bond acceptors (Lipinski definition) is 3. The molecule has 1 heterocycles. The Bertz CT molecular complexity index is 2150. The van der Waals surface area contributed by atoms with Crippen LogP contribution in [0.1, 0.15) is 25.0 Å². The Hall–Kier alpha value is -5.41. The van der Waals surface area contributed by atoms with Crippen LogP contribution in [-0.2, 0) is 5.41 Å². The summed E-state index contributed by atoms with van der Waals surface area (Å²) in [5, 5.41) is 2.45. The molecule has 2 aliphatic carbocycles. The highest BCUT2D eigenvalue weighted by Gasteiger charge is 2.35. The topological polar surface area (TPSA) is 29.3 Å². The van der Waals surface area contributed by atoms with Crippen LogP contribution in [0.2, 0.25) is 0 Å². The number of anilines is 3. The van der Waals surface area contributed by atoms with Crippen molar-refractivity contribution in [1.29, 1.82) is 0 Å². The summed E-state index contributed by atoms with van der Waals surface area (Å²) in [6, 6.07) is 47.6. The van der Waals surface area contributed by atoms with Gasteiger partial charge in [-0.15, -0.1) is 0 Å². The smallest absolute Gasteiger partial charge is 0.227 e. The van der Waals surface area contributed by atoms with Gasteiger partial charge in [0.05, 0.1) is 0 Å². The Balaban J connectivity index is 1.12. The van der Waals surface area contributed by atoms with Crippen molar-refractivity contribution in [3.63, 3.8) is 0 Å². The van der Waals surface area contributed by atoms with Crippen molar-refractivity contribution in [2.24, 2.45) is 0 Å². The van der Waals surface area contributed by atoms with Crippen LogP contribution in [0.15, 0.2) is 138 Å². The molecule has 0 bridgehead atoms. The van der Waals surface area contributed by atoms with E-state index in [0.717, 1.165) is 45.2 Å². The number of aromatic nitrogens is 1. The Morgan fingerprint density at radius 1 is 0.558 bits per heavy atom. The zero-order valence-corrected chi connectivity index (χ0v) is 24.0. The van der Waals surface area contributed by atoms with Gasteiger partial charge >= 0.3 is 0 Å². The quantitative estimate of drug-likeness (QED) is 0.217. The van der Waals surface area contributed by atoms with Gasteiger partial charge in [-0.05, 0) is 76.2 Å². The second kappa shape index (κ2) is 8.80. The van der Waals surface area contributed by atoms with E-state index in [1.165, 1.54) is 33.0 Å². The second-order valence-corrected chi connectivity index (χ2v) is 12.0. The minimum Gasteiger partial charge on any atom is -0.435 e. The van der Waals surface area contributed by atoms with Gasteiger partial charge in [0.2, 0.25) is 5.89 Å². The average Bonchev–Trinajstić information content (AvgIpc) is 3.68. The van der Waals surface area contributed by atoms with Gasteiger partial charge in [-0.1, -0.05) is 98.8 Å². The first-order valence-electron chi connectivity index (χ1n) is 14.8. The van der Waals surface area contributed by atoms with E-state index >= 15 is 0 Å². The summed E-state index contributed by atoms with van der Waals surface area (Å²) in [5.74, 6) is 1.50. The van der Waals surface area contributed by atoms with Crippen LogP contribution in [0.25, 0.3) is 55.9 Å². The van der Waals surface area contributed by atoms with E-state index in [0.29, 0.717) is 5.89 Å². The van der Waals surface area contributed by atoms with Crippen molar-refractivity contribution < 1.29 is 4.42 Å². The molecule has 43 heavy (non-hydrogen) atoms. The summed E-state index contributed by atoms with van der Waals surface area (Å²) in [6.07, 6.45) is 0. The molecule has 0 spiro atoms. The first-order chi connectivity index (χ1) is 21.1. The van der Waals surface area contributed by atoms with Gasteiger partial charge in [0.15, 0.2) is 5.76 Å². The van der Waals surface area contributed by atoms with Crippen LogP contribution >= 0.6 is 0 Å². The van der Waals surface area contributed by atoms with Gasteiger partial charge < -0.3 is 9.32 Å². The third-order valence-corrected chi connectivity index (χ3v) is 9.24. The van der Waals surface area contributed by atoms with Gasteiger partial charge in [0, 0.05) is 44.6 Å². The molecule has 0 fully saturated rings. The predicted molar refractivity (Wildman–Crippen MR) is 176 cm³/mol. The average molecular weight is 553 g/mol. The lowest BCUT2D eigenvalue weighted by Crippen LogP contribution is -2.16. The summed E-state index contributed by atoms with van der Waals surface area (Å²) >= 11 is 0. The van der Waals surface area contributed by atoms with Gasteiger partial charge in [0.25, 0.3) is 0 Å². The van der Waals surface area contributed by atoms with Crippen molar-refractivity contribution in [3.05, 3.63) is 145 Å². The molecule has 3 heteroatoms. The van der Waals surface area contributed by atoms with Crippen LogP contribution < -0.4 is 4.90 Å². The van der Waals surface area contributed by atoms with Gasteiger partial charge in [0.1, 0.15) is 5.69 Å². The molecule has 0 saturated heterocycles.